The molecule has 0 bridgehead atoms. The van der Waals surface area contributed by atoms with Crippen LogP contribution < -0.4 is 10.6 Å². The Hall–Kier alpha value is -2.15. The molecule has 2 aromatic carbocycles. The molecule has 1 fully saturated rings. The van der Waals surface area contributed by atoms with Crippen molar-refractivity contribution in [2.75, 3.05) is 5.32 Å². The number of halogens is 3. The summed E-state index contributed by atoms with van der Waals surface area (Å²) in [5.74, 6) is -2.92. The van der Waals surface area contributed by atoms with Gasteiger partial charge < -0.3 is 10.4 Å². The zero-order valence-electron chi connectivity index (χ0n) is 17.3. The maximum Gasteiger partial charge on any atom is 0.321 e. The average Bonchev–Trinajstić information content (AvgIpc) is 3.09. The number of benzene rings is 2. The Labute approximate surface area is 189 Å². The number of carboxylic acids is 1. The molecule has 2 aromatic rings. The van der Waals surface area contributed by atoms with Crippen molar-refractivity contribution in [2.24, 2.45) is 5.41 Å². The van der Waals surface area contributed by atoms with Gasteiger partial charge in [0.15, 0.2) is 0 Å². The van der Waals surface area contributed by atoms with Gasteiger partial charge in [-0.25, -0.2) is 4.39 Å². The van der Waals surface area contributed by atoms with E-state index in [-0.39, 0.29) is 16.3 Å². The highest BCUT2D eigenvalue weighted by Crippen LogP contribution is 2.56. The fourth-order valence-electron chi connectivity index (χ4n) is 5.16. The smallest absolute Gasteiger partial charge is 0.321 e. The van der Waals surface area contributed by atoms with Crippen LogP contribution in [0.3, 0.4) is 0 Å². The second-order valence-corrected chi connectivity index (χ2v) is 10.4. The highest BCUT2D eigenvalue weighted by molar-refractivity contribution is 6.31. The first-order valence-corrected chi connectivity index (χ1v) is 10.8. The topological polar surface area (TPSA) is 78.4 Å². The average molecular weight is 465 g/mol. The predicted molar refractivity (Wildman–Crippen MR) is 118 cm³/mol. The number of hydrogen-bond donors (Lipinski definition) is 3. The van der Waals surface area contributed by atoms with Gasteiger partial charge >= 0.3 is 5.97 Å². The number of aliphatic carboxylic acids is 1. The molecule has 2 aliphatic rings. The van der Waals surface area contributed by atoms with Crippen molar-refractivity contribution in [2.45, 2.75) is 50.6 Å². The van der Waals surface area contributed by atoms with E-state index in [4.69, 9.17) is 23.2 Å². The molecule has 2 heterocycles. The summed E-state index contributed by atoms with van der Waals surface area (Å²) in [7, 11) is 0. The molecule has 4 rings (SSSR count). The highest BCUT2D eigenvalue weighted by Gasteiger charge is 2.65. The molecule has 2 aliphatic heterocycles. The second kappa shape index (κ2) is 7.47. The molecule has 3 N–H and O–H groups in total. The summed E-state index contributed by atoms with van der Waals surface area (Å²) in [6, 6.07) is 7.42. The van der Waals surface area contributed by atoms with Crippen LogP contribution in [0.5, 0.6) is 0 Å². The Morgan fingerprint density at radius 2 is 1.87 bits per heavy atom. The summed E-state index contributed by atoms with van der Waals surface area (Å²) in [6.45, 7) is 6.08. The van der Waals surface area contributed by atoms with E-state index in [9.17, 15) is 19.1 Å². The molecule has 0 radical (unpaired) electrons. The Morgan fingerprint density at radius 3 is 2.48 bits per heavy atom. The normalized spacial score (nSPS) is 27.4. The van der Waals surface area contributed by atoms with Crippen molar-refractivity contribution in [3.8, 4) is 0 Å². The van der Waals surface area contributed by atoms with E-state index in [1.54, 1.807) is 18.2 Å². The van der Waals surface area contributed by atoms with E-state index in [1.165, 1.54) is 12.1 Å². The van der Waals surface area contributed by atoms with Gasteiger partial charge in [-0.15, -0.1) is 0 Å². The third-order valence-corrected chi connectivity index (χ3v) is 6.59. The molecule has 31 heavy (non-hydrogen) atoms. The number of fused-ring (bicyclic) bond motifs is 2. The largest absolute Gasteiger partial charge is 0.480 e. The lowest BCUT2D eigenvalue weighted by Crippen LogP contribution is -2.49. The Balaban J connectivity index is 2.02. The lowest BCUT2D eigenvalue weighted by atomic mass is 9.62. The van der Waals surface area contributed by atoms with Gasteiger partial charge in [0.2, 0.25) is 5.91 Å². The van der Waals surface area contributed by atoms with Crippen LogP contribution >= 0.6 is 23.2 Å². The van der Waals surface area contributed by atoms with Crippen LogP contribution in [0.25, 0.3) is 0 Å². The number of amides is 1. The Bertz CT molecular complexity index is 1060. The van der Waals surface area contributed by atoms with E-state index in [0.717, 1.165) is 6.07 Å². The zero-order chi connectivity index (χ0) is 22.7. The fraction of sp³-hybridized carbons (Fsp3) is 0.391. The van der Waals surface area contributed by atoms with E-state index in [1.807, 2.05) is 20.8 Å². The number of hydrogen-bond acceptors (Lipinski definition) is 3. The van der Waals surface area contributed by atoms with Crippen LogP contribution in [0.2, 0.25) is 10.0 Å². The standard InChI is InChI=1S/C23H23Cl2FN2O3/c1-22(2,3)10-17-23(15-5-4-12(24)9-16(15)27-21(23)31)18(19(28-17)20(29)30)11-6-13(25)8-14(26)7-11/h4-9,17-19,28H,10H2,1-3H3,(H,27,31)(H,29,30)/t17-,18-,19+,23+/m1/s1. The van der Waals surface area contributed by atoms with Crippen LogP contribution in [0.15, 0.2) is 36.4 Å². The number of carbonyl (C=O) groups is 2. The van der Waals surface area contributed by atoms with Crippen molar-refractivity contribution in [1.29, 1.82) is 0 Å². The van der Waals surface area contributed by atoms with Gasteiger partial charge in [-0.3, -0.25) is 14.9 Å². The van der Waals surface area contributed by atoms with Gasteiger partial charge in [0.25, 0.3) is 0 Å². The Morgan fingerprint density at radius 1 is 1.16 bits per heavy atom. The summed E-state index contributed by atoms with van der Waals surface area (Å²) < 4.78 is 14.3. The quantitative estimate of drug-likeness (QED) is 0.599. The van der Waals surface area contributed by atoms with Gasteiger partial charge in [0.05, 0.1) is 0 Å². The molecule has 1 saturated heterocycles. The first-order chi connectivity index (χ1) is 14.4. The summed E-state index contributed by atoms with van der Waals surface area (Å²) in [4.78, 5) is 26.0. The van der Waals surface area contributed by atoms with Crippen molar-refractivity contribution in [1.82, 2.24) is 5.32 Å². The maximum absolute atomic E-state index is 14.3. The van der Waals surface area contributed by atoms with E-state index < -0.39 is 35.2 Å². The van der Waals surface area contributed by atoms with Crippen LogP contribution in [0, 0.1) is 11.2 Å². The molecule has 0 aliphatic carbocycles. The molecule has 0 unspecified atom stereocenters. The second-order valence-electron chi connectivity index (χ2n) is 9.49. The van der Waals surface area contributed by atoms with Crippen molar-refractivity contribution in [3.63, 3.8) is 0 Å². The van der Waals surface area contributed by atoms with Gasteiger partial charge in [0, 0.05) is 27.7 Å². The number of carboxylic acid groups (broad SMARTS) is 1. The fourth-order valence-corrected chi connectivity index (χ4v) is 5.57. The minimum atomic E-state index is -1.27. The molecule has 0 aromatic heterocycles. The molecule has 0 saturated carbocycles. The highest BCUT2D eigenvalue weighted by atomic mass is 35.5. The molecule has 5 nitrogen and oxygen atoms in total. The first kappa shape index (κ1) is 22.1. The van der Waals surface area contributed by atoms with Gasteiger partial charge in [-0.2, -0.15) is 0 Å². The van der Waals surface area contributed by atoms with Crippen molar-refractivity contribution in [3.05, 3.63) is 63.4 Å². The number of anilines is 1. The summed E-state index contributed by atoms with van der Waals surface area (Å²) in [6.07, 6.45) is 0.520. The van der Waals surface area contributed by atoms with Gasteiger partial charge in [0.1, 0.15) is 17.3 Å². The van der Waals surface area contributed by atoms with Crippen LogP contribution in [0.1, 0.15) is 44.2 Å². The number of carbonyl (C=O) groups excluding carboxylic acids is 1. The molecule has 1 amide bonds. The minimum absolute atomic E-state index is 0.142. The minimum Gasteiger partial charge on any atom is -0.480 e. The summed E-state index contributed by atoms with van der Waals surface area (Å²) in [5.41, 5.74) is 0.0687. The number of nitrogens with one attached hydrogen (secondary N) is 2. The SMILES string of the molecule is CC(C)(C)C[C@H]1N[C@H](C(=O)O)[C@@H](c2cc(F)cc(Cl)c2)[C@@]12C(=O)Nc1cc(Cl)ccc12. The third kappa shape index (κ3) is 3.60. The molecule has 164 valence electrons. The monoisotopic (exact) mass is 464 g/mol. The molecule has 4 atom stereocenters. The summed E-state index contributed by atoms with van der Waals surface area (Å²) in [5, 5.41) is 16.8. The zero-order valence-corrected chi connectivity index (χ0v) is 18.8. The van der Waals surface area contributed by atoms with E-state index in [2.05, 4.69) is 10.6 Å². The maximum atomic E-state index is 14.3. The first-order valence-electron chi connectivity index (χ1n) is 10.00. The van der Waals surface area contributed by atoms with Crippen LogP contribution in [-0.4, -0.2) is 29.1 Å². The number of rotatable bonds is 3. The lowest BCUT2D eigenvalue weighted by molar-refractivity contribution is -0.139. The van der Waals surface area contributed by atoms with E-state index in [0.29, 0.717) is 28.3 Å². The van der Waals surface area contributed by atoms with Crippen molar-refractivity contribution >= 4 is 40.8 Å². The third-order valence-electron chi connectivity index (χ3n) is 6.13. The van der Waals surface area contributed by atoms with Gasteiger partial charge in [-0.05, 0) is 53.3 Å². The summed E-state index contributed by atoms with van der Waals surface area (Å²) >= 11 is 12.3. The van der Waals surface area contributed by atoms with Crippen LogP contribution in [-0.2, 0) is 15.0 Å². The molecule has 8 heteroatoms. The van der Waals surface area contributed by atoms with Crippen molar-refractivity contribution < 1.29 is 19.1 Å². The Kier molecular flexibility index (Phi) is 5.31. The predicted octanol–water partition coefficient (Wildman–Crippen LogP) is 4.97. The van der Waals surface area contributed by atoms with Gasteiger partial charge in [-0.1, -0.05) is 50.0 Å². The molecular weight excluding hydrogens is 442 g/mol. The van der Waals surface area contributed by atoms with E-state index >= 15 is 0 Å². The molecule has 1 spiro atoms. The van der Waals surface area contributed by atoms with Crippen LogP contribution in [0.4, 0.5) is 10.1 Å². The lowest BCUT2D eigenvalue weighted by Gasteiger charge is -2.37. The molecular formula is C23H23Cl2FN2O3.